The number of hydrogen-bond acceptors (Lipinski definition) is 8. The molecule has 1 aromatic heterocycles. The third-order valence-corrected chi connectivity index (χ3v) is 9.58. The summed E-state index contributed by atoms with van der Waals surface area (Å²) in [6.07, 6.45) is 1.22. The van der Waals surface area contributed by atoms with Gasteiger partial charge < -0.3 is 19.7 Å². The van der Waals surface area contributed by atoms with E-state index in [1.807, 2.05) is 46.8 Å². The van der Waals surface area contributed by atoms with Crippen molar-refractivity contribution >= 4 is 49.9 Å². The van der Waals surface area contributed by atoms with E-state index in [0.29, 0.717) is 29.7 Å². The zero-order chi connectivity index (χ0) is 29.2. The number of nitrogens with zero attached hydrogens (tertiary/aromatic N) is 3. The Hall–Kier alpha value is -3.02. The van der Waals surface area contributed by atoms with Gasteiger partial charge in [-0.1, -0.05) is 24.6 Å². The van der Waals surface area contributed by atoms with Crippen LogP contribution in [0.15, 0.2) is 52.9 Å². The highest BCUT2D eigenvalue weighted by Crippen LogP contribution is 2.33. The maximum absolute atomic E-state index is 13.9. The van der Waals surface area contributed by atoms with E-state index in [-0.39, 0.29) is 34.5 Å². The number of carbonyl (C=O) groups excluding carboxylic acids is 1. The number of carbonyl (C=O) groups is 1. The molecule has 216 valence electrons. The van der Waals surface area contributed by atoms with Crippen LogP contribution in [0.2, 0.25) is 5.02 Å². The van der Waals surface area contributed by atoms with Crippen molar-refractivity contribution in [2.75, 3.05) is 29.8 Å². The fraction of sp³-hybridized carbons (Fsp3) is 0.429. The molecule has 0 bridgehead atoms. The van der Waals surface area contributed by atoms with Gasteiger partial charge in [0.15, 0.2) is 5.13 Å². The lowest BCUT2D eigenvalue weighted by molar-refractivity contribution is 0.0288. The number of likely N-dealkylation sites (tertiary alicyclic amines) is 1. The first-order valence-electron chi connectivity index (χ1n) is 12.9. The van der Waals surface area contributed by atoms with E-state index in [4.69, 9.17) is 21.1 Å². The number of rotatable bonds is 8. The molecule has 2 aromatic carbocycles. The Kier molecular flexibility index (Phi) is 8.86. The first kappa shape index (κ1) is 30.0. The van der Waals surface area contributed by atoms with E-state index < -0.39 is 15.6 Å². The number of ether oxygens (including phenoxy) is 2. The van der Waals surface area contributed by atoms with Crippen molar-refractivity contribution in [2.24, 2.45) is 5.92 Å². The van der Waals surface area contributed by atoms with Crippen molar-refractivity contribution < 1.29 is 22.7 Å². The van der Waals surface area contributed by atoms with Gasteiger partial charge in [-0.15, -0.1) is 11.3 Å². The highest BCUT2D eigenvalue weighted by Gasteiger charge is 2.35. The third-order valence-electron chi connectivity index (χ3n) is 6.63. The van der Waals surface area contributed by atoms with Gasteiger partial charge in [0, 0.05) is 30.7 Å². The molecular formula is C28H35ClN4O5S2. The molecule has 1 N–H and O–H groups in total. The monoisotopic (exact) mass is 606 g/mol. The van der Waals surface area contributed by atoms with Gasteiger partial charge in [-0.2, -0.15) is 0 Å². The minimum absolute atomic E-state index is 0.0549. The van der Waals surface area contributed by atoms with E-state index in [9.17, 15) is 13.2 Å². The summed E-state index contributed by atoms with van der Waals surface area (Å²) in [5, 5.41) is 5.75. The molecule has 40 heavy (non-hydrogen) atoms. The Morgan fingerprint density at radius 1 is 1.23 bits per heavy atom. The molecule has 12 heteroatoms. The van der Waals surface area contributed by atoms with Crippen LogP contribution >= 0.6 is 22.9 Å². The largest absolute Gasteiger partial charge is 0.497 e. The molecule has 0 spiro atoms. The fourth-order valence-corrected chi connectivity index (χ4v) is 7.05. The Bertz CT molecular complexity index is 1460. The fourth-order valence-electron chi connectivity index (χ4n) is 4.45. The predicted octanol–water partition coefficient (Wildman–Crippen LogP) is 6.18. The summed E-state index contributed by atoms with van der Waals surface area (Å²) in [5.74, 6) is 0.839. The van der Waals surface area contributed by atoms with Gasteiger partial charge in [0.05, 0.1) is 29.3 Å². The molecule has 0 radical (unpaired) electrons. The molecule has 3 aromatic rings. The minimum Gasteiger partial charge on any atom is -0.497 e. The van der Waals surface area contributed by atoms with E-state index in [2.05, 4.69) is 10.3 Å². The molecule has 1 unspecified atom stereocenters. The van der Waals surface area contributed by atoms with Gasteiger partial charge >= 0.3 is 6.09 Å². The van der Waals surface area contributed by atoms with E-state index >= 15 is 0 Å². The minimum atomic E-state index is -4.00. The van der Waals surface area contributed by atoms with Crippen LogP contribution in [-0.2, 0) is 21.3 Å². The van der Waals surface area contributed by atoms with Crippen LogP contribution in [-0.4, -0.2) is 56.2 Å². The number of aryl methyl sites for hydroxylation is 1. The molecule has 0 aliphatic carbocycles. The van der Waals surface area contributed by atoms with Crippen molar-refractivity contribution in [1.82, 2.24) is 9.88 Å². The quantitative estimate of drug-likeness (QED) is 0.327. The summed E-state index contributed by atoms with van der Waals surface area (Å²) in [5.41, 5.74) is 1.75. The van der Waals surface area contributed by atoms with Crippen LogP contribution < -0.4 is 14.4 Å². The molecule has 1 aliphatic rings. The number of nitrogens with one attached hydrogen (secondary N) is 1. The molecule has 4 rings (SSSR count). The maximum atomic E-state index is 13.9. The lowest BCUT2D eigenvalue weighted by Gasteiger charge is -2.25. The molecule has 1 fully saturated rings. The standard InChI is InChI=1S/C28H35ClN4O5S2/c1-18-13-21(37-6)8-7-20(18)16-33(26-30-11-12-39-26)40(35,36)22-9-10-24(23(29)14-22)31-25-17-32(15-19(25)2)27(34)38-28(3,4)5/h7-14,19,25,31H,15-17H2,1-6H3/t19-,25?/m0/s1. The molecule has 2 atom stereocenters. The summed E-state index contributed by atoms with van der Waals surface area (Å²) >= 11 is 7.86. The number of benzene rings is 2. The van der Waals surface area contributed by atoms with Crippen molar-refractivity contribution in [3.8, 4) is 5.75 Å². The normalized spacial score (nSPS) is 17.5. The van der Waals surface area contributed by atoms with Crippen LogP contribution in [0.5, 0.6) is 5.75 Å². The highest BCUT2D eigenvalue weighted by atomic mass is 35.5. The number of sulfonamides is 1. The number of anilines is 2. The maximum Gasteiger partial charge on any atom is 0.410 e. The second kappa shape index (κ2) is 11.8. The van der Waals surface area contributed by atoms with Gasteiger partial charge in [-0.05, 0) is 75.1 Å². The van der Waals surface area contributed by atoms with Crippen LogP contribution in [0.25, 0.3) is 0 Å². The van der Waals surface area contributed by atoms with Crippen LogP contribution in [0.3, 0.4) is 0 Å². The lowest BCUT2D eigenvalue weighted by Crippen LogP contribution is -2.36. The molecular weight excluding hydrogens is 572 g/mol. The Morgan fingerprint density at radius 3 is 2.58 bits per heavy atom. The Labute approximate surface area is 245 Å². The Morgan fingerprint density at radius 2 is 1.98 bits per heavy atom. The Balaban J connectivity index is 1.55. The average molecular weight is 607 g/mol. The predicted molar refractivity (Wildman–Crippen MR) is 159 cm³/mol. The highest BCUT2D eigenvalue weighted by molar-refractivity contribution is 7.93. The third kappa shape index (κ3) is 6.82. The van der Waals surface area contributed by atoms with Gasteiger partial charge in [-0.3, -0.25) is 0 Å². The second-order valence-corrected chi connectivity index (χ2v) is 14.0. The van der Waals surface area contributed by atoms with Crippen molar-refractivity contribution in [1.29, 1.82) is 0 Å². The smallest absolute Gasteiger partial charge is 0.410 e. The molecule has 1 aliphatic heterocycles. The summed E-state index contributed by atoms with van der Waals surface area (Å²) in [7, 11) is -2.41. The van der Waals surface area contributed by atoms with Crippen LogP contribution in [0.1, 0.15) is 38.8 Å². The zero-order valence-corrected chi connectivity index (χ0v) is 25.9. The van der Waals surface area contributed by atoms with Gasteiger partial charge in [0.1, 0.15) is 11.4 Å². The average Bonchev–Trinajstić information content (AvgIpc) is 3.53. The summed E-state index contributed by atoms with van der Waals surface area (Å²) < 4.78 is 39.9. The first-order valence-corrected chi connectivity index (χ1v) is 15.6. The number of aromatic nitrogens is 1. The van der Waals surface area contributed by atoms with Crippen molar-refractivity contribution in [3.63, 3.8) is 0 Å². The zero-order valence-electron chi connectivity index (χ0n) is 23.5. The number of halogens is 1. The van der Waals surface area contributed by atoms with Crippen LogP contribution in [0, 0.1) is 12.8 Å². The molecule has 2 heterocycles. The van der Waals surface area contributed by atoms with Gasteiger partial charge in [-0.25, -0.2) is 22.5 Å². The topological polar surface area (TPSA) is 101 Å². The van der Waals surface area contributed by atoms with Crippen molar-refractivity contribution in [2.45, 2.75) is 57.7 Å². The first-order chi connectivity index (χ1) is 18.8. The number of methoxy groups -OCH3 is 1. The SMILES string of the molecule is COc1ccc(CN(c2nccs2)S(=O)(=O)c2ccc(NC3CN(C(=O)OC(C)(C)C)C[C@@H]3C)c(Cl)c2)c(C)c1. The molecule has 1 saturated heterocycles. The molecule has 9 nitrogen and oxygen atoms in total. The second-order valence-electron chi connectivity index (χ2n) is 10.9. The molecule has 1 amide bonds. The number of amides is 1. The lowest BCUT2D eigenvalue weighted by atomic mass is 10.1. The summed E-state index contributed by atoms with van der Waals surface area (Å²) in [6.45, 7) is 10.6. The number of thiazole rings is 1. The van der Waals surface area contributed by atoms with Gasteiger partial charge in [0.2, 0.25) is 0 Å². The summed E-state index contributed by atoms with van der Waals surface area (Å²) in [6, 6.07) is 10.1. The van der Waals surface area contributed by atoms with E-state index in [0.717, 1.165) is 11.1 Å². The van der Waals surface area contributed by atoms with Gasteiger partial charge in [0.25, 0.3) is 10.0 Å². The van der Waals surface area contributed by atoms with E-state index in [1.165, 1.54) is 27.8 Å². The molecule has 0 saturated carbocycles. The summed E-state index contributed by atoms with van der Waals surface area (Å²) in [4.78, 5) is 18.5. The van der Waals surface area contributed by atoms with Crippen LogP contribution in [0.4, 0.5) is 15.6 Å². The van der Waals surface area contributed by atoms with Crippen molar-refractivity contribution in [3.05, 3.63) is 64.1 Å². The number of hydrogen-bond donors (Lipinski definition) is 1. The van der Waals surface area contributed by atoms with E-state index in [1.54, 1.807) is 35.7 Å².